The van der Waals surface area contributed by atoms with Gasteiger partial charge < -0.3 is 19.9 Å². The molecule has 1 unspecified atom stereocenters. The van der Waals surface area contributed by atoms with E-state index in [0.717, 1.165) is 6.42 Å². The monoisotopic (exact) mass is 289 g/mol. The summed E-state index contributed by atoms with van der Waals surface area (Å²) in [4.78, 5) is 0. The molecule has 1 aromatic rings. The van der Waals surface area contributed by atoms with E-state index in [2.05, 4.69) is 10.1 Å². The second-order valence-corrected chi connectivity index (χ2v) is 4.50. The molecule has 0 aromatic heterocycles. The average Bonchev–Trinajstić information content (AvgIpc) is 2.39. The normalized spacial score (nSPS) is 12.5. The highest BCUT2D eigenvalue weighted by Crippen LogP contribution is 2.32. The Balaban J connectivity index is 2.59. The molecular formula is C14H21F2NO3. The molecule has 0 aliphatic heterocycles. The van der Waals surface area contributed by atoms with Crippen molar-refractivity contribution in [2.45, 2.75) is 39.0 Å². The van der Waals surface area contributed by atoms with Crippen molar-refractivity contribution in [3.63, 3.8) is 0 Å². The van der Waals surface area contributed by atoms with Crippen molar-refractivity contribution in [2.75, 3.05) is 13.7 Å². The van der Waals surface area contributed by atoms with E-state index in [9.17, 15) is 8.78 Å². The molecule has 0 aliphatic rings. The number of halogens is 2. The Kier molecular flexibility index (Phi) is 7.25. The first-order valence-electron chi connectivity index (χ1n) is 6.54. The second kappa shape index (κ2) is 8.71. The van der Waals surface area contributed by atoms with E-state index in [0.29, 0.717) is 25.1 Å². The molecule has 1 aromatic carbocycles. The van der Waals surface area contributed by atoms with E-state index in [1.165, 1.54) is 7.11 Å². The fourth-order valence-corrected chi connectivity index (χ4v) is 1.83. The van der Waals surface area contributed by atoms with Crippen LogP contribution in [0.3, 0.4) is 0 Å². The van der Waals surface area contributed by atoms with E-state index in [1.54, 1.807) is 25.1 Å². The van der Waals surface area contributed by atoms with Crippen molar-refractivity contribution in [3.05, 3.63) is 23.8 Å². The van der Waals surface area contributed by atoms with Crippen molar-refractivity contribution in [2.24, 2.45) is 0 Å². The fraction of sp³-hybridized carbons (Fsp3) is 0.571. The maximum Gasteiger partial charge on any atom is 0.387 e. The molecule has 1 atom stereocenters. The third-order valence-corrected chi connectivity index (χ3v) is 2.78. The smallest absolute Gasteiger partial charge is 0.387 e. The van der Waals surface area contributed by atoms with Crippen LogP contribution < -0.4 is 14.8 Å². The third-order valence-electron chi connectivity index (χ3n) is 2.78. The largest absolute Gasteiger partial charge is 0.493 e. The first kappa shape index (κ1) is 16.7. The summed E-state index contributed by atoms with van der Waals surface area (Å²) in [6.45, 7) is -0.0633. The van der Waals surface area contributed by atoms with Crippen LogP contribution in [0, 0.1) is 0 Å². The molecule has 0 spiro atoms. The third kappa shape index (κ3) is 5.71. The van der Waals surface area contributed by atoms with Crippen LogP contribution in [-0.4, -0.2) is 31.5 Å². The Hall–Kier alpha value is -1.40. The van der Waals surface area contributed by atoms with Crippen LogP contribution in [0.1, 0.15) is 25.3 Å². The minimum atomic E-state index is -2.89. The molecular weight excluding hydrogens is 268 g/mol. The molecule has 0 heterocycles. The van der Waals surface area contributed by atoms with E-state index in [1.807, 2.05) is 0 Å². The number of hydrogen-bond donors (Lipinski definition) is 2. The highest BCUT2D eigenvalue weighted by Gasteiger charge is 2.14. The Labute approximate surface area is 117 Å². The topological polar surface area (TPSA) is 50.7 Å². The molecule has 0 saturated heterocycles. The number of rotatable bonds is 9. The lowest BCUT2D eigenvalue weighted by Gasteiger charge is -2.15. The van der Waals surface area contributed by atoms with Crippen LogP contribution in [0.25, 0.3) is 0 Å². The molecule has 0 saturated carbocycles. The molecule has 0 aliphatic carbocycles. The number of alkyl halides is 2. The van der Waals surface area contributed by atoms with Crippen molar-refractivity contribution in [1.82, 2.24) is 5.32 Å². The Bertz CT molecular complexity index is 400. The van der Waals surface area contributed by atoms with Gasteiger partial charge in [-0.1, -0.05) is 12.1 Å². The van der Waals surface area contributed by atoms with Crippen LogP contribution >= 0.6 is 0 Å². The number of benzene rings is 1. The maximum absolute atomic E-state index is 12.4. The number of aliphatic hydroxyl groups is 1. The van der Waals surface area contributed by atoms with Gasteiger partial charge in [-0.05, 0) is 32.4 Å². The molecule has 114 valence electrons. The van der Waals surface area contributed by atoms with Crippen LogP contribution in [0.15, 0.2) is 18.2 Å². The molecule has 20 heavy (non-hydrogen) atoms. The number of ether oxygens (including phenoxy) is 2. The summed E-state index contributed by atoms with van der Waals surface area (Å²) < 4.78 is 34.4. The van der Waals surface area contributed by atoms with E-state index >= 15 is 0 Å². The maximum atomic E-state index is 12.4. The molecule has 1 rings (SSSR count). The summed E-state index contributed by atoms with van der Waals surface area (Å²) in [6, 6.07) is 5.01. The van der Waals surface area contributed by atoms with Crippen LogP contribution in [0.4, 0.5) is 8.78 Å². The van der Waals surface area contributed by atoms with Crippen molar-refractivity contribution < 1.29 is 23.4 Å². The summed E-state index contributed by atoms with van der Waals surface area (Å²) in [5.74, 6) is 0.349. The minimum absolute atomic E-state index is 0.0630. The molecule has 0 amide bonds. The van der Waals surface area contributed by atoms with Gasteiger partial charge in [0.15, 0.2) is 11.5 Å². The standard InChI is InChI=1S/C14H21F2NO3/c1-10(18)5-4-8-17-9-11-6-3-7-12(19-2)13(11)20-14(15)16/h3,6-7,10,14,17-18H,4-5,8-9H2,1-2H3. The summed E-state index contributed by atoms with van der Waals surface area (Å²) in [6.07, 6.45) is 1.18. The van der Waals surface area contributed by atoms with Gasteiger partial charge in [0.25, 0.3) is 0 Å². The first-order valence-corrected chi connectivity index (χ1v) is 6.54. The number of hydrogen-bond acceptors (Lipinski definition) is 4. The zero-order valence-electron chi connectivity index (χ0n) is 11.7. The Morgan fingerprint density at radius 3 is 2.70 bits per heavy atom. The van der Waals surface area contributed by atoms with Gasteiger partial charge in [-0.25, -0.2) is 0 Å². The van der Waals surface area contributed by atoms with Gasteiger partial charge in [-0.3, -0.25) is 0 Å². The zero-order chi connectivity index (χ0) is 15.0. The summed E-state index contributed by atoms with van der Waals surface area (Å²) >= 11 is 0. The molecule has 0 bridgehead atoms. The SMILES string of the molecule is COc1cccc(CNCCCC(C)O)c1OC(F)F. The number of nitrogens with one attached hydrogen (secondary N) is 1. The van der Waals surface area contributed by atoms with Gasteiger partial charge in [-0.15, -0.1) is 0 Å². The van der Waals surface area contributed by atoms with E-state index < -0.39 is 6.61 Å². The second-order valence-electron chi connectivity index (χ2n) is 4.50. The van der Waals surface area contributed by atoms with Crippen LogP contribution in [-0.2, 0) is 6.54 Å². The molecule has 0 radical (unpaired) electrons. The van der Waals surface area contributed by atoms with E-state index in [-0.39, 0.29) is 17.6 Å². The predicted octanol–water partition coefficient (Wildman–Crippen LogP) is 2.55. The lowest BCUT2D eigenvalue weighted by atomic mass is 10.1. The average molecular weight is 289 g/mol. The lowest BCUT2D eigenvalue weighted by molar-refractivity contribution is -0.0518. The van der Waals surface area contributed by atoms with Gasteiger partial charge in [0.2, 0.25) is 0 Å². The van der Waals surface area contributed by atoms with Gasteiger partial charge in [-0.2, -0.15) is 8.78 Å². The van der Waals surface area contributed by atoms with Crippen LogP contribution in [0.2, 0.25) is 0 Å². The summed E-state index contributed by atoms with van der Waals surface area (Å²) in [5.41, 5.74) is 0.613. The van der Waals surface area contributed by atoms with Crippen molar-refractivity contribution in [3.8, 4) is 11.5 Å². The highest BCUT2D eigenvalue weighted by molar-refractivity contribution is 5.46. The number of methoxy groups -OCH3 is 1. The Morgan fingerprint density at radius 1 is 1.35 bits per heavy atom. The molecule has 0 fully saturated rings. The lowest BCUT2D eigenvalue weighted by Crippen LogP contribution is -2.17. The van der Waals surface area contributed by atoms with Crippen molar-refractivity contribution in [1.29, 1.82) is 0 Å². The highest BCUT2D eigenvalue weighted by atomic mass is 19.3. The number of para-hydroxylation sites is 1. The van der Waals surface area contributed by atoms with Gasteiger partial charge in [0, 0.05) is 12.1 Å². The van der Waals surface area contributed by atoms with Gasteiger partial charge >= 0.3 is 6.61 Å². The number of aliphatic hydroxyl groups excluding tert-OH is 1. The first-order chi connectivity index (χ1) is 9.54. The molecule has 6 heteroatoms. The zero-order valence-corrected chi connectivity index (χ0v) is 11.7. The predicted molar refractivity (Wildman–Crippen MR) is 72.2 cm³/mol. The van der Waals surface area contributed by atoms with E-state index in [4.69, 9.17) is 9.84 Å². The summed E-state index contributed by atoms with van der Waals surface area (Å²) in [5, 5.41) is 12.3. The van der Waals surface area contributed by atoms with Gasteiger partial charge in [0.05, 0.1) is 13.2 Å². The van der Waals surface area contributed by atoms with Crippen LogP contribution in [0.5, 0.6) is 11.5 Å². The summed E-state index contributed by atoms with van der Waals surface area (Å²) in [7, 11) is 1.41. The Morgan fingerprint density at radius 2 is 2.10 bits per heavy atom. The van der Waals surface area contributed by atoms with Gasteiger partial charge in [0.1, 0.15) is 0 Å². The molecule has 2 N–H and O–H groups in total. The minimum Gasteiger partial charge on any atom is -0.493 e. The quantitative estimate of drug-likeness (QED) is 0.686. The van der Waals surface area contributed by atoms with Crippen molar-refractivity contribution >= 4 is 0 Å². The molecule has 4 nitrogen and oxygen atoms in total. The fourth-order valence-electron chi connectivity index (χ4n) is 1.83.